The molecule has 1 aromatic carbocycles. The first-order valence-electron chi connectivity index (χ1n) is 7.18. The second-order valence-electron chi connectivity index (χ2n) is 5.34. The van der Waals surface area contributed by atoms with Gasteiger partial charge in [-0.05, 0) is 33.3 Å². The van der Waals surface area contributed by atoms with Crippen LogP contribution >= 0.6 is 0 Å². The lowest BCUT2D eigenvalue weighted by atomic mass is 10.1. The van der Waals surface area contributed by atoms with Crippen molar-refractivity contribution in [3.63, 3.8) is 0 Å². The van der Waals surface area contributed by atoms with Gasteiger partial charge in [-0.2, -0.15) is 0 Å². The fourth-order valence-corrected chi connectivity index (χ4v) is 2.40. The molecule has 0 spiro atoms. The summed E-state index contributed by atoms with van der Waals surface area (Å²) in [6, 6.07) is 7.27. The van der Waals surface area contributed by atoms with Crippen LogP contribution in [0.15, 0.2) is 28.7 Å². The number of carbonyl (C=O) groups is 1. The summed E-state index contributed by atoms with van der Waals surface area (Å²) in [6.45, 7) is 5.79. The van der Waals surface area contributed by atoms with Gasteiger partial charge in [-0.15, -0.1) is 0 Å². The van der Waals surface area contributed by atoms with Gasteiger partial charge in [-0.1, -0.05) is 18.2 Å². The van der Waals surface area contributed by atoms with E-state index in [9.17, 15) is 4.79 Å². The third kappa shape index (κ3) is 3.55. The average molecular weight is 290 g/mol. The van der Waals surface area contributed by atoms with Crippen molar-refractivity contribution in [1.82, 2.24) is 10.6 Å². The SMILES string of the molecule is Cc1c(C(C)NC(=O)N[C@H](C)CCO)oc2ccccc12. The zero-order valence-electron chi connectivity index (χ0n) is 12.6. The number of rotatable bonds is 5. The van der Waals surface area contributed by atoms with E-state index in [-0.39, 0.29) is 24.7 Å². The van der Waals surface area contributed by atoms with Crippen molar-refractivity contribution >= 4 is 17.0 Å². The Morgan fingerprint density at radius 3 is 2.67 bits per heavy atom. The molecule has 2 atom stereocenters. The number of fused-ring (bicyclic) bond motifs is 1. The lowest BCUT2D eigenvalue weighted by Gasteiger charge is -2.17. The minimum Gasteiger partial charge on any atom is -0.459 e. The van der Waals surface area contributed by atoms with Crippen molar-refractivity contribution in [1.29, 1.82) is 0 Å². The van der Waals surface area contributed by atoms with Gasteiger partial charge in [0.2, 0.25) is 0 Å². The molecular formula is C16H22N2O3. The number of para-hydroxylation sites is 1. The van der Waals surface area contributed by atoms with Gasteiger partial charge in [-0.3, -0.25) is 0 Å². The van der Waals surface area contributed by atoms with Crippen molar-refractivity contribution in [3.8, 4) is 0 Å². The number of nitrogens with one attached hydrogen (secondary N) is 2. The first kappa shape index (κ1) is 15.4. The highest BCUT2D eigenvalue weighted by Gasteiger charge is 2.18. The second-order valence-corrected chi connectivity index (χ2v) is 5.34. The number of hydrogen-bond acceptors (Lipinski definition) is 3. The number of amides is 2. The first-order chi connectivity index (χ1) is 10.0. The maximum absolute atomic E-state index is 11.9. The van der Waals surface area contributed by atoms with Gasteiger partial charge in [0.15, 0.2) is 0 Å². The number of aliphatic hydroxyl groups excluding tert-OH is 1. The number of aryl methyl sites for hydroxylation is 1. The topological polar surface area (TPSA) is 74.5 Å². The van der Waals surface area contributed by atoms with Crippen LogP contribution in [-0.4, -0.2) is 23.8 Å². The Kier molecular flexibility index (Phi) is 4.85. The molecule has 0 saturated heterocycles. The molecule has 0 radical (unpaired) electrons. The molecule has 0 aliphatic carbocycles. The van der Waals surface area contributed by atoms with Crippen LogP contribution in [0.1, 0.15) is 37.6 Å². The molecule has 2 amide bonds. The number of carbonyl (C=O) groups excluding carboxylic acids is 1. The van der Waals surface area contributed by atoms with Crippen LogP contribution in [0, 0.1) is 6.92 Å². The molecule has 3 N–H and O–H groups in total. The van der Waals surface area contributed by atoms with Gasteiger partial charge in [0.25, 0.3) is 0 Å². The number of hydrogen-bond donors (Lipinski definition) is 3. The van der Waals surface area contributed by atoms with E-state index in [0.29, 0.717) is 6.42 Å². The van der Waals surface area contributed by atoms with E-state index in [0.717, 1.165) is 22.3 Å². The Labute approximate surface area is 124 Å². The maximum atomic E-state index is 11.9. The summed E-state index contributed by atoms with van der Waals surface area (Å²) in [5, 5.41) is 15.5. The normalized spacial score (nSPS) is 13.9. The fraction of sp³-hybridized carbons (Fsp3) is 0.438. The van der Waals surface area contributed by atoms with Gasteiger partial charge < -0.3 is 20.2 Å². The summed E-state index contributed by atoms with van der Waals surface area (Å²) in [5.41, 5.74) is 1.87. The Morgan fingerprint density at radius 2 is 2.00 bits per heavy atom. The van der Waals surface area contributed by atoms with Gasteiger partial charge in [-0.25, -0.2) is 4.79 Å². The smallest absolute Gasteiger partial charge is 0.315 e. The van der Waals surface area contributed by atoms with E-state index < -0.39 is 0 Å². The Morgan fingerprint density at radius 1 is 1.29 bits per heavy atom. The molecule has 5 nitrogen and oxygen atoms in total. The van der Waals surface area contributed by atoms with E-state index in [2.05, 4.69) is 10.6 Å². The van der Waals surface area contributed by atoms with Gasteiger partial charge >= 0.3 is 6.03 Å². The van der Waals surface area contributed by atoms with E-state index in [4.69, 9.17) is 9.52 Å². The van der Waals surface area contributed by atoms with Crippen molar-refractivity contribution in [2.75, 3.05) is 6.61 Å². The Balaban J connectivity index is 2.06. The van der Waals surface area contributed by atoms with Crippen LogP contribution in [0.3, 0.4) is 0 Å². The van der Waals surface area contributed by atoms with Gasteiger partial charge in [0.1, 0.15) is 11.3 Å². The van der Waals surface area contributed by atoms with E-state index in [1.807, 2.05) is 45.0 Å². The van der Waals surface area contributed by atoms with Crippen molar-refractivity contribution in [3.05, 3.63) is 35.6 Å². The molecule has 5 heteroatoms. The lowest BCUT2D eigenvalue weighted by Crippen LogP contribution is -2.42. The molecule has 2 rings (SSSR count). The van der Waals surface area contributed by atoms with Crippen LogP contribution in [0.25, 0.3) is 11.0 Å². The van der Waals surface area contributed by atoms with Gasteiger partial charge in [0.05, 0.1) is 6.04 Å². The molecule has 1 unspecified atom stereocenters. The lowest BCUT2D eigenvalue weighted by molar-refractivity contribution is 0.227. The maximum Gasteiger partial charge on any atom is 0.315 e. The summed E-state index contributed by atoms with van der Waals surface area (Å²) in [4.78, 5) is 11.9. The fourth-order valence-electron chi connectivity index (χ4n) is 2.40. The third-order valence-electron chi connectivity index (χ3n) is 3.56. The summed E-state index contributed by atoms with van der Waals surface area (Å²) in [7, 11) is 0. The molecule has 2 aromatic rings. The van der Waals surface area contributed by atoms with Gasteiger partial charge in [0, 0.05) is 23.6 Å². The molecule has 0 bridgehead atoms. The minimum atomic E-state index is -0.261. The Bertz CT molecular complexity index is 621. The molecule has 1 heterocycles. The standard InChI is InChI=1S/C16H22N2O3/c1-10(8-9-19)17-16(20)18-12(3)15-11(2)13-6-4-5-7-14(13)21-15/h4-7,10,12,19H,8-9H2,1-3H3,(H2,17,18,20)/t10-,12?/m1/s1. The minimum absolute atomic E-state index is 0.0552. The number of aliphatic hydroxyl groups is 1. The summed E-state index contributed by atoms with van der Waals surface area (Å²) >= 11 is 0. The highest BCUT2D eigenvalue weighted by atomic mass is 16.3. The first-order valence-corrected chi connectivity index (χ1v) is 7.18. The van der Waals surface area contributed by atoms with Crippen LogP contribution in [0.5, 0.6) is 0 Å². The van der Waals surface area contributed by atoms with Crippen LogP contribution in [0.4, 0.5) is 4.79 Å². The van der Waals surface area contributed by atoms with E-state index >= 15 is 0 Å². The summed E-state index contributed by atoms with van der Waals surface area (Å²) in [5.74, 6) is 0.765. The predicted molar refractivity (Wildman–Crippen MR) is 82.2 cm³/mol. The molecule has 0 saturated carbocycles. The number of urea groups is 1. The second kappa shape index (κ2) is 6.63. The van der Waals surface area contributed by atoms with Crippen LogP contribution in [-0.2, 0) is 0 Å². The summed E-state index contributed by atoms with van der Waals surface area (Å²) < 4.78 is 5.83. The molecule has 0 aliphatic heterocycles. The number of furan rings is 1. The van der Waals surface area contributed by atoms with Crippen LogP contribution < -0.4 is 10.6 Å². The zero-order chi connectivity index (χ0) is 15.4. The monoisotopic (exact) mass is 290 g/mol. The molecular weight excluding hydrogens is 268 g/mol. The Hall–Kier alpha value is -2.01. The van der Waals surface area contributed by atoms with Crippen molar-refractivity contribution < 1.29 is 14.3 Å². The molecule has 0 fully saturated rings. The van der Waals surface area contributed by atoms with E-state index in [1.165, 1.54) is 0 Å². The largest absolute Gasteiger partial charge is 0.459 e. The average Bonchev–Trinajstić information content (AvgIpc) is 2.77. The highest BCUT2D eigenvalue weighted by Crippen LogP contribution is 2.28. The zero-order valence-corrected chi connectivity index (χ0v) is 12.6. The molecule has 1 aromatic heterocycles. The quantitative estimate of drug-likeness (QED) is 0.792. The van der Waals surface area contributed by atoms with E-state index in [1.54, 1.807) is 0 Å². The third-order valence-corrected chi connectivity index (χ3v) is 3.56. The van der Waals surface area contributed by atoms with Crippen molar-refractivity contribution in [2.45, 2.75) is 39.3 Å². The molecule has 21 heavy (non-hydrogen) atoms. The number of benzene rings is 1. The molecule has 114 valence electrons. The predicted octanol–water partition coefficient (Wildman–Crippen LogP) is 2.87. The van der Waals surface area contributed by atoms with Crippen molar-refractivity contribution in [2.24, 2.45) is 0 Å². The van der Waals surface area contributed by atoms with Crippen LogP contribution in [0.2, 0.25) is 0 Å². The molecule has 0 aliphatic rings. The highest BCUT2D eigenvalue weighted by molar-refractivity contribution is 5.82. The summed E-state index contributed by atoms with van der Waals surface area (Å²) in [6.07, 6.45) is 0.533.